The number of fused-ring (bicyclic) bond motifs is 11. The van der Waals surface area contributed by atoms with Crippen LogP contribution < -0.4 is 0 Å². The lowest BCUT2D eigenvalue weighted by atomic mass is 10.1. The Balaban J connectivity index is 1.37. The Labute approximate surface area is 263 Å². The molecular weight excluding hydrogens is 566 g/mol. The number of aromatic nitrogens is 4. The number of para-hydroxylation sites is 2. The smallest absolute Gasteiger partial charge is 0.147 e. The molecule has 0 amide bonds. The quantitative estimate of drug-likeness (QED) is 0.147. The monoisotopic (exact) mass is 593 g/mol. The van der Waals surface area contributed by atoms with Gasteiger partial charge in [-0.2, -0.15) is 0 Å². The predicted molar refractivity (Wildman–Crippen MR) is 190 cm³/mol. The van der Waals surface area contributed by atoms with Gasteiger partial charge in [-0.25, -0.2) is 4.98 Å². The number of nitrogens with zero attached hydrogens (tertiary/aromatic N) is 5. The van der Waals surface area contributed by atoms with E-state index in [0.717, 1.165) is 82.9 Å². The Hall–Kier alpha value is -6.27. The zero-order valence-corrected chi connectivity index (χ0v) is 25.1. The van der Waals surface area contributed by atoms with Crippen molar-refractivity contribution < 1.29 is 4.42 Å². The highest BCUT2D eigenvalue weighted by molar-refractivity contribution is 6.28. The SMILES string of the molecule is C=N/C(=C\C=C/C)c1cccc(-n2c3ccccc3c3c4oc5c(ccc6c5c5ncccc5n6-c5ccccc5)c4ccc32)n1. The molecule has 9 rings (SSSR count). The highest BCUT2D eigenvalue weighted by Gasteiger charge is 2.23. The van der Waals surface area contributed by atoms with Crippen molar-refractivity contribution in [2.24, 2.45) is 4.99 Å². The molecule has 0 unspecified atom stereocenters. The molecule has 46 heavy (non-hydrogen) atoms. The van der Waals surface area contributed by atoms with Crippen LogP contribution in [0.15, 0.2) is 143 Å². The summed E-state index contributed by atoms with van der Waals surface area (Å²) in [4.78, 5) is 14.2. The van der Waals surface area contributed by atoms with E-state index in [9.17, 15) is 0 Å². The van der Waals surface area contributed by atoms with E-state index in [-0.39, 0.29) is 0 Å². The minimum absolute atomic E-state index is 0.715. The molecule has 0 fully saturated rings. The topological polar surface area (TPSA) is 61.1 Å². The summed E-state index contributed by atoms with van der Waals surface area (Å²) in [5.74, 6) is 0.798. The number of hydrogen-bond donors (Lipinski definition) is 0. The maximum absolute atomic E-state index is 6.99. The molecule has 6 heteroatoms. The average Bonchev–Trinajstić information content (AvgIpc) is 3.76. The van der Waals surface area contributed by atoms with Gasteiger partial charge in [-0.05, 0) is 86.4 Å². The van der Waals surface area contributed by atoms with Gasteiger partial charge in [0.15, 0.2) is 0 Å². The van der Waals surface area contributed by atoms with Crippen molar-refractivity contribution >= 4 is 78.1 Å². The second-order valence-corrected chi connectivity index (χ2v) is 11.3. The number of pyridine rings is 2. The van der Waals surface area contributed by atoms with Crippen molar-refractivity contribution in [3.05, 3.63) is 139 Å². The minimum atomic E-state index is 0.715. The van der Waals surface area contributed by atoms with Gasteiger partial charge in [0.1, 0.15) is 22.5 Å². The number of aliphatic imine (C=N–C) groups is 1. The average molecular weight is 594 g/mol. The molecule has 0 saturated heterocycles. The zero-order valence-electron chi connectivity index (χ0n) is 25.1. The minimum Gasteiger partial charge on any atom is -0.455 e. The first kappa shape index (κ1) is 26.2. The maximum Gasteiger partial charge on any atom is 0.147 e. The van der Waals surface area contributed by atoms with E-state index < -0.39 is 0 Å². The number of hydrogen-bond acceptors (Lipinski definition) is 4. The van der Waals surface area contributed by atoms with Crippen LogP contribution in [0.25, 0.3) is 82.9 Å². The van der Waals surface area contributed by atoms with E-state index in [4.69, 9.17) is 14.4 Å². The van der Waals surface area contributed by atoms with Gasteiger partial charge in [0.05, 0.1) is 44.2 Å². The van der Waals surface area contributed by atoms with E-state index in [0.29, 0.717) is 5.70 Å². The van der Waals surface area contributed by atoms with Crippen LogP contribution in [0.4, 0.5) is 0 Å². The van der Waals surface area contributed by atoms with Crippen LogP contribution in [0.2, 0.25) is 0 Å². The number of allylic oxidation sites excluding steroid dienone is 3. The Morgan fingerprint density at radius 2 is 1.43 bits per heavy atom. The molecule has 0 aliphatic rings. The molecule has 0 spiro atoms. The van der Waals surface area contributed by atoms with Gasteiger partial charge in [0, 0.05) is 28.0 Å². The van der Waals surface area contributed by atoms with Gasteiger partial charge in [0.25, 0.3) is 0 Å². The van der Waals surface area contributed by atoms with E-state index in [1.54, 1.807) is 0 Å². The summed E-state index contributed by atoms with van der Waals surface area (Å²) >= 11 is 0. The molecule has 9 aromatic rings. The molecule has 6 nitrogen and oxygen atoms in total. The first-order valence-electron chi connectivity index (χ1n) is 15.3. The highest BCUT2D eigenvalue weighted by Crippen LogP contribution is 2.44. The van der Waals surface area contributed by atoms with Crippen molar-refractivity contribution in [1.29, 1.82) is 0 Å². The van der Waals surface area contributed by atoms with Crippen molar-refractivity contribution in [1.82, 2.24) is 19.1 Å². The summed E-state index contributed by atoms with van der Waals surface area (Å²) in [7, 11) is 0. The van der Waals surface area contributed by atoms with Gasteiger partial charge < -0.3 is 8.98 Å². The summed E-state index contributed by atoms with van der Waals surface area (Å²) < 4.78 is 11.5. The molecule has 0 aliphatic carbocycles. The molecule has 0 saturated carbocycles. The second kappa shape index (κ2) is 10.1. The summed E-state index contributed by atoms with van der Waals surface area (Å²) in [6.45, 7) is 5.75. The fourth-order valence-corrected chi connectivity index (χ4v) is 6.85. The fourth-order valence-electron chi connectivity index (χ4n) is 6.85. The maximum atomic E-state index is 6.99. The molecule has 4 aromatic carbocycles. The van der Waals surface area contributed by atoms with E-state index in [1.807, 2.05) is 61.7 Å². The highest BCUT2D eigenvalue weighted by atomic mass is 16.3. The summed E-state index contributed by atoms with van der Waals surface area (Å²) in [5.41, 5.74) is 9.33. The Morgan fingerprint density at radius 3 is 2.24 bits per heavy atom. The van der Waals surface area contributed by atoms with Gasteiger partial charge in [0.2, 0.25) is 0 Å². The van der Waals surface area contributed by atoms with Crippen LogP contribution in [0.3, 0.4) is 0 Å². The van der Waals surface area contributed by atoms with E-state index in [1.165, 1.54) is 0 Å². The van der Waals surface area contributed by atoms with Gasteiger partial charge >= 0.3 is 0 Å². The Bertz CT molecular complexity index is 2720. The molecule has 5 aromatic heterocycles. The van der Waals surface area contributed by atoms with Crippen molar-refractivity contribution in [3.8, 4) is 11.5 Å². The Kier molecular flexibility index (Phi) is 5.77. The van der Waals surface area contributed by atoms with E-state index in [2.05, 4.69) is 99.7 Å². The first-order valence-corrected chi connectivity index (χ1v) is 15.3. The lowest BCUT2D eigenvalue weighted by Crippen LogP contribution is -1.99. The van der Waals surface area contributed by atoms with Crippen LogP contribution in [-0.2, 0) is 0 Å². The van der Waals surface area contributed by atoms with Crippen LogP contribution >= 0.6 is 0 Å². The van der Waals surface area contributed by atoms with Gasteiger partial charge in [-0.1, -0.05) is 54.6 Å². The third-order valence-corrected chi connectivity index (χ3v) is 8.78. The van der Waals surface area contributed by atoms with E-state index >= 15 is 0 Å². The van der Waals surface area contributed by atoms with Crippen molar-refractivity contribution in [2.45, 2.75) is 6.92 Å². The zero-order chi connectivity index (χ0) is 30.8. The lowest BCUT2D eigenvalue weighted by Gasteiger charge is -2.09. The third-order valence-electron chi connectivity index (χ3n) is 8.78. The first-order chi connectivity index (χ1) is 22.8. The third kappa shape index (κ3) is 3.67. The van der Waals surface area contributed by atoms with Gasteiger partial charge in [-0.3, -0.25) is 14.5 Å². The van der Waals surface area contributed by atoms with Crippen molar-refractivity contribution in [2.75, 3.05) is 0 Å². The van der Waals surface area contributed by atoms with Gasteiger partial charge in [-0.15, -0.1) is 0 Å². The summed E-state index contributed by atoms with van der Waals surface area (Å²) in [6.07, 6.45) is 7.69. The van der Waals surface area contributed by atoms with Crippen molar-refractivity contribution in [3.63, 3.8) is 0 Å². The lowest BCUT2D eigenvalue weighted by molar-refractivity contribution is 0.677. The number of rotatable bonds is 5. The fraction of sp³-hybridized carbons (Fsp3) is 0.0250. The molecule has 0 bridgehead atoms. The Morgan fingerprint density at radius 1 is 0.696 bits per heavy atom. The summed E-state index contributed by atoms with van der Waals surface area (Å²) in [5, 5.41) is 5.29. The molecule has 5 heterocycles. The van der Waals surface area contributed by atoms with Crippen LogP contribution in [0.1, 0.15) is 12.6 Å². The van der Waals surface area contributed by atoms with Crippen LogP contribution in [-0.4, -0.2) is 25.8 Å². The normalized spacial score (nSPS) is 12.6. The predicted octanol–water partition coefficient (Wildman–Crippen LogP) is 10.2. The number of benzene rings is 4. The van der Waals surface area contributed by atoms with Crippen LogP contribution in [0.5, 0.6) is 0 Å². The second-order valence-electron chi connectivity index (χ2n) is 11.3. The molecule has 0 aliphatic heterocycles. The molecule has 0 radical (unpaired) electrons. The largest absolute Gasteiger partial charge is 0.455 e. The molecule has 0 N–H and O–H groups in total. The molecule has 218 valence electrons. The standard InChI is InChI=1S/C40H27N5O/c1-3-4-15-29(41-2)30-16-10-19-35(43-30)45-31-17-9-8-14-28(31)36-32(45)22-20-26-27-21-23-33-37(40(27)46-39(26)36)38-34(18-11-24-42-38)44(33)25-12-6-5-7-13-25/h3-24H,2H2,1H3/b4-3-,29-15-. The van der Waals surface area contributed by atoms with Crippen LogP contribution in [0, 0.1) is 0 Å². The summed E-state index contributed by atoms with van der Waals surface area (Å²) in [6, 6.07) is 37.7. The number of furan rings is 1. The molecule has 0 atom stereocenters. The molecular formula is C40H27N5O.